The summed E-state index contributed by atoms with van der Waals surface area (Å²) < 4.78 is 25.3. The molecule has 0 fully saturated rings. The van der Waals surface area contributed by atoms with Crippen molar-refractivity contribution >= 4 is 10.6 Å². The standard InChI is InChI=1S/HNO3.O3S/c2-1(3)4;1-4(2)3/h(H,2,3,4);. The van der Waals surface area contributed by atoms with Crippen molar-refractivity contribution in [2.24, 2.45) is 0 Å². The second-order valence-corrected chi connectivity index (χ2v) is 0.850. The molecule has 0 aromatic heterocycles. The van der Waals surface area contributed by atoms with Gasteiger partial charge in [-0.25, -0.2) is 0 Å². The maximum absolute atomic E-state index is 8.44. The first-order valence-corrected chi connectivity index (χ1v) is 2.07. The van der Waals surface area contributed by atoms with Crippen molar-refractivity contribution in [3.63, 3.8) is 0 Å². The number of hydrogen-bond donors (Lipinski definition) is 1. The molecular formula is HNO6S. The molecule has 0 unspecified atom stereocenters. The van der Waals surface area contributed by atoms with E-state index in [-0.39, 0.29) is 0 Å². The van der Waals surface area contributed by atoms with Gasteiger partial charge >= 0.3 is 10.6 Å². The molecule has 0 spiro atoms. The smallest absolute Gasteiger partial charge is 0.328 e. The van der Waals surface area contributed by atoms with Crippen molar-refractivity contribution in [2.75, 3.05) is 0 Å². The molecule has 0 aliphatic heterocycles. The van der Waals surface area contributed by atoms with Gasteiger partial charge in [-0.2, -0.15) is 0 Å². The summed E-state index contributed by atoms with van der Waals surface area (Å²) >= 11 is 0. The average molecular weight is 143 g/mol. The molecule has 0 saturated carbocycles. The molecule has 0 rings (SSSR count). The third-order valence-corrected chi connectivity index (χ3v) is 0. The largest absolute Gasteiger partial charge is 0.425 e. The second-order valence-electron chi connectivity index (χ2n) is 0.442. The molecule has 0 aliphatic rings. The van der Waals surface area contributed by atoms with Gasteiger partial charge in [0.2, 0.25) is 0 Å². The minimum atomic E-state index is -3.11. The third-order valence-electron chi connectivity index (χ3n) is 0. The highest BCUT2D eigenvalue weighted by Crippen LogP contribution is 1.38. The molecule has 8 heavy (non-hydrogen) atoms. The zero-order chi connectivity index (χ0) is 7.15. The van der Waals surface area contributed by atoms with E-state index >= 15 is 0 Å². The maximum atomic E-state index is 8.44. The lowest BCUT2D eigenvalue weighted by atomic mass is 13.1. The lowest BCUT2D eigenvalue weighted by Crippen LogP contribution is -1.81. The third kappa shape index (κ3) is 50.5. The van der Waals surface area contributed by atoms with Crippen molar-refractivity contribution in [1.82, 2.24) is 0 Å². The van der Waals surface area contributed by atoms with E-state index < -0.39 is 15.7 Å². The Labute approximate surface area is 44.7 Å². The summed E-state index contributed by atoms with van der Waals surface area (Å²) in [4.78, 5) is 8.36. The van der Waals surface area contributed by atoms with Crippen LogP contribution in [0.2, 0.25) is 0 Å². The van der Waals surface area contributed by atoms with Crippen molar-refractivity contribution in [3.05, 3.63) is 10.1 Å². The Kier molecular flexibility index (Phi) is 7.23. The number of hydrogen-bond acceptors (Lipinski definition) is 5. The molecule has 0 saturated heterocycles. The fourth-order valence-corrected chi connectivity index (χ4v) is 0. The Hall–Kier alpha value is -1.18. The van der Waals surface area contributed by atoms with Crippen LogP contribution in [0.5, 0.6) is 0 Å². The summed E-state index contributed by atoms with van der Waals surface area (Å²) in [5, 5.41) is 13.6. The quantitative estimate of drug-likeness (QED) is 0.331. The van der Waals surface area contributed by atoms with E-state index in [0.717, 1.165) is 0 Å². The minimum Gasteiger partial charge on any atom is -0.328 e. The summed E-state index contributed by atoms with van der Waals surface area (Å²) in [6, 6.07) is 0. The Morgan fingerprint density at radius 2 is 1.38 bits per heavy atom. The molecule has 0 aromatic carbocycles. The number of nitrogens with zero attached hydrogens (tertiary/aromatic N) is 1. The van der Waals surface area contributed by atoms with Crippen LogP contribution in [0.1, 0.15) is 0 Å². The second kappa shape index (κ2) is 5.82. The van der Waals surface area contributed by atoms with Crippen molar-refractivity contribution < 1.29 is 22.9 Å². The molecule has 0 amide bonds. The summed E-state index contributed by atoms with van der Waals surface area (Å²) in [7, 11) is -3.11. The molecule has 48 valence electrons. The van der Waals surface area contributed by atoms with Gasteiger partial charge in [0, 0.05) is 0 Å². The molecule has 0 radical (unpaired) electrons. The lowest BCUT2D eigenvalue weighted by Gasteiger charge is -1.56. The van der Waals surface area contributed by atoms with Gasteiger partial charge in [0.05, 0.1) is 0 Å². The summed E-state index contributed by atoms with van der Waals surface area (Å²) in [5.74, 6) is 0. The topological polar surface area (TPSA) is 115 Å². The SMILES string of the molecule is O=S(=O)=O.O=[N+]([O-])O. The maximum Gasteiger partial charge on any atom is 0.425 e. The summed E-state index contributed by atoms with van der Waals surface area (Å²) in [5.41, 5.74) is 0. The van der Waals surface area contributed by atoms with E-state index in [4.69, 9.17) is 27.9 Å². The van der Waals surface area contributed by atoms with E-state index in [1.165, 1.54) is 0 Å². The van der Waals surface area contributed by atoms with Crippen LogP contribution >= 0.6 is 0 Å². The summed E-state index contributed by atoms with van der Waals surface area (Å²) in [6.45, 7) is 0. The Morgan fingerprint density at radius 3 is 1.38 bits per heavy atom. The molecule has 0 bridgehead atoms. The summed E-state index contributed by atoms with van der Waals surface area (Å²) in [6.07, 6.45) is 0. The molecular weight excluding hydrogens is 142 g/mol. The van der Waals surface area contributed by atoms with Crippen LogP contribution < -0.4 is 0 Å². The van der Waals surface area contributed by atoms with Crippen molar-refractivity contribution in [2.45, 2.75) is 0 Å². The van der Waals surface area contributed by atoms with Crippen molar-refractivity contribution in [1.29, 1.82) is 0 Å². The highest BCUT2D eigenvalue weighted by Gasteiger charge is 1.65. The van der Waals surface area contributed by atoms with Crippen LogP contribution in [-0.2, 0) is 10.6 Å². The fourth-order valence-electron chi connectivity index (χ4n) is 0. The molecule has 1 N–H and O–H groups in total. The van der Waals surface area contributed by atoms with Gasteiger partial charge in [0.15, 0.2) is 0 Å². The van der Waals surface area contributed by atoms with E-state index in [2.05, 4.69) is 0 Å². The number of rotatable bonds is 0. The van der Waals surface area contributed by atoms with E-state index in [9.17, 15) is 0 Å². The van der Waals surface area contributed by atoms with Crippen LogP contribution in [0.25, 0.3) is 0 Å². The first-order valence-electron chi connectivity index (χ1n) is 1.07. The van der Waals surface area contributed by atoms with Gasteiger partial charge in [0.1, 0.15) is 0 Å². The Morgan fingerprint density at radius 1 is 1.38 bits per heavy atom. The van der Waals surface area contributed by atoms with Crippen LogP contribution in [0.4, 0.5) is 0 Å². The highest BCUT2D eigenvalue weighted by atomic mass is 32.2. The van der Waals surface area contributed by atoms with Gasteiger partial charge in [-0.15, -0.1) is 22.7 Å². The average Bonchev–Trinajstić information content (AvgIpc) is 1.25. The first kappa shape index (κ1) is 9.94. The molecule has 0 atom stereocenters. The van der Waals surface area contributed by atoms with Crippen molar-refractivity contribution in [3.8, 4) is 0 Å². The molecule has 7 nitrogen and oxygen atoms in total. The van der Waals surface area contributed by atoms with Gasteiger partial charge < -0.3 is 5.21 Å². The van der Waals surface area contributed by atoms with Gasteiger partial charge in [-0.05, 0) is 0 Å². The van der Waals surface area contributed by atoms with E-state index in [1.54, 1.807) is 0 Å². The molecule has 0 aromatic rings. The van der Waals surface area contributed by atoms with Crippen LogP contribution in [0.15, 0.2) is 0 Å². The van der Waals surface area contributed by atoms with Crippen LogP contribution in [0.3, 0.4) is 0 Å². The normalized spacial score (nSPS) is 6.00. The van der Waals surface area contributed by atoms with Gasteiger partial charge in [0.25, 0.3) is 5.09 Å². The predicted octanol–water partition coefficient (Wildman–Crippen LogP) is -1.35. The Balaban J connectivity index is 0. The highest BCUT2D eigenvalue weighted by molar-refractivity contribution is 7.59. The lowest BCUT2D eigenvalue weighted by molar-refractivity contribution is -0.742. The van der Waals surface area contributed by atoms with E-state index in [1.807, 2.05) is 0 Å². The molecule has 0 aliphatic carbocycles. The zero-order valence-corrected chi connectivity index (χ0v) is 4.16. The zero-order valence-electron chi connectivity index (χ0n) is 3.34. The van der Waals surface area contributed by atoms with Gasteiger partial charge in [-0.3, -0.25) is 0 Å². The minimum absolute atomic E-state index is 1.50. The van der Waals surface area contributed by atoms with Gasteiger partial charge in [-0.1, -0.05) is 0 Å². The molecule has 0 heterocycles. The van der Waals surface area contributed by atoms with E-state index in [0.29, 0.717) is 0 Å². The first-order chi connectivity index (χ1) is 3.46. The Bertz CT molecular complexity index is 137. The molecule has 8 heteroatoms. The predicted molar refractivity (Wildman–Crippen MR) is 18.5 cm³/mol. The fraction of sp³-hybridized carbons (Fsp3) is 0. The monoisotopic (exact) mass is 143 g/mol. The van der Waals surface area contributed by atoms with Crippen LogP contribution in [-0.4, -0.2) is 22.9 Å². The van der Waals surface area contributed by atoms with Crippen LogP contribution in [0, 0.1) is 10.1 Å².